The minimum atomic E-state index is -0.197. The quantitative estimate of drug-likeness (QED) is 0.453. The SMILES string of the molecule is CCCCCCN(CCC(=O)OCC)C(=O)C1CCCCC1. The van der Waals surface area contributed by atoms with Gasteiger partial charge >= 0.3 is 5.97 Å². The predicted molar refractivity (Wildman–Crippen MR) is 88.5 cm³/mol. The fourth-order valence-electron chi connectivity index (χ4n) is 3.13. The molecule has 0 aromatic heterocycles. The second-order valence-corrected chi connectivity index (χ2v) is 6.28. The molecule has 0 spiro atoms. The van der Waals surface area contributed by atoms with E-state index in [1.807, 2.05) is 11.8 Å². The summed E-state index contributed by atoms with van der Waals surface area (Å²) in [5, 5.41) is 0. The van der Waals surface area contributed by atoms with Crippen LogP contribution in [0.5, 0.6) is 0 Å². The third kappa shape index (κ3) is 7.28. The summed E-state index contributed by atoms with van der Waals surface area (Å²) < 4.78 is 4.98. The molecule has 0 aromatic carbocycles. The van der Waals surface area contributed by atoms with Crippen molar-refractivity contribution in [2.45, 2.75) is 78.1 Å². The van der Waals surface area contributed by atoms with E-state index in [0.717, 1.165) is 45.1 Å². The van der Waals surface area contributed by atoms with Crippen molar-refractivity contribution in [2.75, 3.05) is 19.7 Å². The highest BCUT2D eigenvalue weighted by molar-refractivity contribution is 5.79. The zero-order valence-corrected chi connectivity index (χ0v) is 14.4. The lowest BCUT2D eigenvalue weighted by Crippen LogP contribution is -2.39. The molecule has 0 bridgehead atoms. The average Bonchev–Trinajstić information content (AvgIpc) is 2.54. The van der Waals surface area contributed by atoms with E-state index < -0.39 is 0 Å². The fraction of sp³-hybridized carbons (Fsp3) is 0.889. The summed E-state index contributed by atoms with van der Waals surface area (Å²) in [6.45, 7) is 5.71. The van der Waals surface area contributed by atoms with Crippen LogP contribution in [0.1, 0.15) is 78.1 Å². The Kier molecular flexibility index (Phi) is 9.93. The lowest BCUT2D eigenvalue weighted by atomic mass is 9.88. The molecule has 1 aliphatic rings. The third-order valence-corrected chi connectivity index (χ3v) is 4.44. The van der Waals surface area contributed by atoms with Gasteiger partial charge in [-0.1, -0.05) is 45.4 Å². The zero-order valence-electron chi connectivity index (χ0n) is 14.4. The summed E-state index contributed by atoms with van der Waals surface area (Å²) in [6, 6.07) is 0. The minimum absolute atomic E-state index is 0.183. The monoisotopic (exact) mass is 311 g/mol. The van der Waals surface area contributed by atoms with Crippen LogP contribution in [-0.4, -0.2) is 36.5 Å². The Hall–Kier alpha value is -1.06. The van der Waals surface area contributed by atoms with Crippen molar-refractivity contribution < 1.29 is 14.3 Å². The van der Waals surface area contributed by atoms with Gasteiger partial charge in [-0.3, -0.25) is 9.59 Å². The van der Waals surface area contributed by atoms with Crippen LogP contribution < -0.4 is 0 Å². The van der Waals surface area contributed by atoms with Crippen molar-refractivity contribution in [1.29, 1.82) is 0 Å². The molecule has 0 atom stereocenters. The van der Waals surface area contributed by atoms with Gasteiger partial charge in [0.2, 0.25) is 5.91 Å². The van der Waals surface area contributed by atoms with Crippen LogP contribution >= 0.6 is 0 Å². The van der Waals surface area contributed by atoms with E-state index in [4.69, 9.17) is 4.74 Å². The average molecular weight is 311 g/mol. The molecular weight excluding hydrogens is 278 g/mol. The van der Waals surface area contributed by atoms with Gasteiger partial charge in [-0.05, 0) is 26.2 Å². The largest absolute Gasteiger partial charge is 0.466 e. The first kappa shape index (κ1) is 19.0. The molecule has 1 rings (SSSR count). The third-order valence-electron chi connectivity index (χ3n) is 4.44. The predicted octanol–water partition coefficient (Wildman–Crippen LogP) is 3.93. The number of nitrogens with zero attached hydrogens (tertiary/aromatic N) is 1. The smallest absolute Gasteiger partial charge is 0.307 e. The number of carbonyl (C=O) groups is 2. The Morgan fingerprint density at radius 2 is 1.73 bits per heavy atom. The topological polar surface area (TPSA) is 46.6 Å². The van der Waals surface area contributed by atoms with Crippen LogP contribution in [0, 0.1) is 5.92 Å². The van der Waals surface area contributed by atoms with E-state index in [9.17, 15) is 9.59 Å². The molecule has 1 fully saturated rings. The number of hydrogen-bond donors (Lipinski definition) is 0. The molecule has 0 aromatic rings. The van der Waals surface area contributed by atoms with E-state index in [0.29, 0.717) is 19.6 Å². The zero-order chi connectivity index (χ0) is 16.2. The first-order valence-corrected chi connectivity index (χ1v) is 9.13. The summed E-state index contributed by atoms with van der Waals surface area (Å²) in [5.41, 5.74) is 0. The van der Waals surface area contributed by atoms with Gasteiger partial charge in [-0.2, -0.15) is 0 Å². The van der Waals surface area contributed by atoms with Gasteiger partial charge in [0.15, 0.2) is 0 Å². The Balaban J connectivity index is 2.47. The Morgan fingerprint density at radius 1 is 1.00 bits per heavy atom. The molecule has 4 heteroatoms. The number of amides is 1. The van der Waals surface area contributed by atoms with Crippen LogP contribution in [0.25, 0.3) is 0 Å². The normalized spacial score (nSPS) is 15.5. The molecular formula is C18H33NO3. The molecule has 0 radical (unpaired) electrons. The maximum absolute atomic E-state index is 12.7. The van der Waals surface area contributed by atoms with Crippen LogP contribution in [0.4, 0.5) is 0 Å². The van der Waals surface area contributed by atoms with Crippen molar-refractivity contribution >= 4 is 11.9 Å². The summed E-state index contributed by atoms with van der Waals surface area (Å²) >= 11 is 0. The molecule has 4 nitrogen and oxygen atoms in total. The van der Waals surface area contributed by atoms with Crippen molar-refractivity contribution in [1.82, 2.24) is 4.90 Å². The molecule has 0 N–H and O–H groups in total. The van der Waals surface area contributed by atoms with E-state index in [1.54, 1.807) is 0 Å². The van der Waals surface area contributed by atoms with E-state index >= 15 is 0 Å². The highest BCUT2D eigenvalue weighted by Crippen LogP contribution is 2.25. The number of carbonyl (C=O) groups excluding carboxylic acids is 2. The van der Waals surface area contributed by atoms with Gasteiger partial charge in [-0.25, -0.2) is 0 Å². The summed E-state index contributed by atoms with van der Waals surface area (Å²) in [5.74, 6) is 0.250. The van der Waals surface area contributed by atoms with Crippen LogP contribution in [0.3, 0.4) is 0 Å². The van der Waals surface area contributed by atoms with Gasteiger partial charge in [0.25, 0.3) is 0 Å². The van der Waals surface area contributed by atoms with Gasteiger partial charge in [0, 0.05) is 19.0 Å². The van der Waals surface area contributed by atoms with Gasteiger partial charge in [-0.15, -0.1) is 0 Å². The van der Waals surface area contributed by atoms with E-state index in [1.165, 1.54) is 19.3 Å². The summed E-state index contributed by atoms with van der Waals surface area (Å²) in [4.78, 5) is 26.2. The molecule has 0 aliphatic heterocycles. The number of ether oxygens (including phenoxy) is 1. The fourth-order valence-corrected chi connectivity index (χ4v) is 3.13. The highest BCUT2D eigenvalue weighted by atomic mass is 16.5. The minimum Gasteiger partial charge on any atom is -0.466 e. The standard InChI is InChI=1S/C18H33NO3/c1-3-5-6-10-14-19(15-13-17(20)22-4-2)18(21)16-11-8-7-9-12-16/h16H,3-15H2,1-2H3. The van der Waals surface area contributed by atoms with E-state index in [2.05, 4.69) is 6.92 Å². The van der Waals surface area contributed by atoms with Crippen molar-refractivity contribution in [3.05, 3.63) is 0 Å². The van der Waals surface area contributed by atoms with Crippen LogP contribution in [0.15, 0.2) is 0 Å². The number of rotatable bonds is 10. The second-order valence-electron chi connectivity index (χ2n) is 6.28. The number of hydrogen-bond acceptors (Lipinski definition) is 3. The molecule has 1 aliphatic carbocycles. The molecule has 0 heterocycles. The lowest BCUT2D eigenvalue weighted by Gasteiger charge is -2.29. The Morgan fingerprint density at radius 3 is 2.36 bits per heavy atom. The van der Waals surface area contributed by atoms with Crippen molar-refractivity contribution in [3.8, 4) is 0 Å². The Labute approximate surface area is 135 Å². The molecule has 0 unspecified atom stereocenters. The molecule has 1 saturated carbocycles. The van der Waals surface area contributed by atoms with Gasteiger partial charge < -0.3 is 9.64 Å². The van der Waals surface area contributed by atoms with Crippen LogP contribution in [0.2, 0.25) is 0 Å². The van der Waals surface area contributed by atoms with Gasteiger partial charge in [0.1, 0.15) is 0 Å². The molecule has 22 heavy (non-hydrogen) atoms. The highest BCUT2D eigenvalue weighted by Gasteiger charge is 2.26. The maximum Gasteiger partial charge on any atom is 0.307 e. The molecule has 0 saturated heterocycles. The lowest BCUT2D eigenvalue weighted by molar-refractivity contribution is -0.144. The Bertz CT molecular complexity index is 324. The van der Waals surface area contributed by atoms with Crippen molar-refractivity contribution in [2.24, 2.45) is 5.92 Å². The maximum atomic E-state index is 12.7. The van der Waals surface area contributed by atoms with E-state index in [-0.39, 0.29) is 17.8 Å². The van der Waals surface area contributed by atoms with Crippen LogP contribution in [-0.2, 0) is 14.3 Å². The molecule has 128 valence electrons. The molecule has 1 amide bonds. The number of unbranched alkanes of at least 4 members (excludes halogenated alkanes) is 3. The first-order valence-electron chi connectivity index (χ1n) is 9.13. The second kappa shape index (κ2) is 11.5. The summed E-state index contributed by atoms with van der Waals surface area (Å²) in [7, 11) is 0. The first-order chi connectivity index (χ1) is 10.7. The number of esters is 1. The summed E-state index contributed by atoms with van der Waals surface area (Å²) in [6.07, 6.45) is 10.5. The van der Waals surface area contributed by atoms with Crippen molar-refractivity contribution in [3.63, 3.8) is 0 Å². The van der Waals surface area contributed by atoms with Gasteiger partial charge in [0.05, 0.1) is 13.0 Å².